The number of esters is 1. The molecular formula is C20H21BrN2O5. The summed E-state index contributed by atoms with van der Waals surface area (Å²) in [7, 11) is 0. The second kappa shape index (κ2) is 10.5. The number of nitrogens with one attached hydrogen (secondary N) is 2. The molecule has 2 rings (SSSR count). The highest BCUT2D eigenvalue weighted by Gasteiger charge is 2.09. The Kier molecular flexibility index (Phi) is 8.01. The van der Waals surface area contributed by atoms with Crippen molar-refractivity contribution in [1.82, 2.24) is 5.32 Å². The number of benzene rings is 2. The van der Waals surface area contributed by atoms with E-state index in [1.165, 1.54) is 0 Å². The predicted molar refractivity (Wildman–Crippen MR) is 108 cm³/mol. The molecule has 0 spiro atoms. The number of halogens is 1. The number of carbonyl (C=O) groups is 3. The van der Waals surface area contributed by atoms with Crippen molar-refractivity contribution in [3.8, 4) is 5.75 Å². The maximum Gasteiger partial charge on any atom is 0.338 e. The topological polar surface area (TPSA) is 93.7 Å². The smallest absolute Gasteiger partial charge is 0.338 e. The van der Waals surface area contributed by atoms with E-state index in [4.69, 9.17) is 9.47 Å². The molecule has 0 heterocycles. The zero-order valence-corrected chi connectivity index (χ0v) is 17.2. The monoisotopic (exact) mass is 448 g/mol. The Morgan fingerprint density at radius 1 is 1.04 bits per heavy atom. The van der Waals surface area contributed by atoms with Gasteiger partial charge in [-0.15, -0.1) is 0 Å². The van der Waals surface area contributed by atoms with E-state index in [0.29, 0.717) is 23.6 Å². The minimum atomic E-state index is -0.433. The van der Waals surface area contributed by atoms with Crippen LogP contribution >= 0.6 is 15.9 Å². The van der Waals surface area contributed by atoms with Crippen LogP contribution in [0.2, 0.25) is 0 Å². The summed E-state index contributed by atoms with van der Waals surface area (Å²) >= 11 is 3.36. The Hall–Kier alpha value is -2.87. The van der Waals surface area contributed by atoms with E-state index in [9.17, 15) is 14.4 Å². The Labute approximate surface area is 171 Å². The maximum absolute atomic E-state index is 12.0. The SMILES string of the molecule is CCOC(=O)c1ccc(OCC(=O)NCC(=O)Nc2ccc(Br)cc2C)cc1. The molecule has 0 radical (unpaired) electrons. The second-order valence-electron chi connectivity index (χ2n) is 5.82. The van der Waals surface area contributed by atoms with E-state index in [2.05, 4.69) is 26.6 Å². The fourth-order valence-electron chi connectivity index (χ4n) is 2.24. The Morgan fingerprint density at radius 3 is 2.39 bits per heavy atom. The van der Waals surface area contributed by atoms with Crippen molar-refractivity contribution in [2.24, 2.45) is 0 Å². The minimum Gasteiger partial charge on any atom is -0.484 e. The number of carbonyl (C=O) groups excluding carboxylic acids is 3. The van der Waals surface area contributed by atoms with Gasteiger partial charge in [0.25, 0.3) is 5.91 Å². The van der Waals surface area contributed by atoms with Gasteiger partial charge in [-0.25, -0.2) is 4.79 Å². The third-order valence-electron chi connectivity index (χ3n) is 3.64. The van der Waals surface area contributed by atoms with E-state index in [0.717, 1.165) is 10.0 Å². The fourth-order valence-corrected chi connectivity index (χ4v) is 2.72. The molecule has 0 bridgehead atoms. The van der Waals surface area contributed by atoms with Crippen LogP contribution in [0.3, 0.4) is 0 Å². The standard InChI is InChI=1S/C20H21BrN2O5/c1-3-27-20(26)14-4-7-16(8-5-14)28-12-19(25)22-11-18(24)23-17-9-6-15(21)10-13(17)2/h4-10H,3,11-12H2,1-2H3,(H,22,25)(H,23,24). The van der Waals surface area contributed by atoms with Crippen LogP contribution in [0.1, 0.15) is 22.8 Å². The quantitative estimate of drug-likeness (QED) is 0.605. The zero-order chi connectivity index (χ0) is 20.5. The Morgan fingerprint density at radius 2 is 1.75 bits per heavy atom. The highest BCUT2D eigenvalue weighted by Crippen LogP contribution is 2.19. The van der Waals surface area contributed by atoms with Gasteiger partial charge in [-0.2, -0.15) is 0 Å². The molecule has 2 amide bonds. The molecule has 0 unspecified atom stereocenters. The van der Waals surface area contributed by atoms with Crippen molar-refractivity contribution in [2.45, 2.75) is 13.8 Å². The third-order valence-corrected chi connectivity index (χ3v) is 4.14. The molecule has 0 saturated carbocycles. The summed E-state index contributed by atoms with van der Waals surface area (Å²) in [6.45, 7) is 3.49. The number of anilines is 1. The van der Waals surface area contributed by atoms with Crippen LogP contribution in [0.15, 0.2) is 46.9 Å². The van der Waals surface area contributed by atoms with Gasteiger partial charge in [0.05, 0.1) is 18.7 Å². The van der Waals surface area contributed by atoms with Gasteiger partial charge in [0.1, 0.15) is 5.75 Å². The van der Waals surface area contributed by atoms with Crippen molar-refractivity contribution in [3.05, 3.63) is 58.1 Å². The van der Waals surface area contributed by atoms with Crippen LogP contribution in [-0.4, -0.2) is 37.5 Å². The molecule has 8 heteroatoms. The summed E-state index contributed by atoms with van der Waals surface area (Å²) in [6, 6.07) is 11.7. The van der Waals surface area contributed by atoms with Gasteiger partial charge in [-0.3, -0.25) is 9.59 Å². The van der Waals surface area contributed by atoms with Crippen molar-refractivity contribution < 1.29 is 23.9 Å². The first-order chi connectivity index (χ1) is 13.4. The Balaban J connectivity index is 1.75. The molecule has 148 valence electrons. The maximum atomic E-state index is 12.0. The summed E-state index contributed by atoms with van der Waals surface area (Å²) in [4.78, 5) is 35.4. The number of amides is 2. The normalized spacial score (nSPS) is 10.1. The number of rotatable bonds is 8. The number of hydrogen-bond acceptors (Lipinski definition) is 5. The summed E-state index contributed by atoms with van der Waals surface area (Å²) in [5, 5.41) is 5.23. The van der Waals surface area contributed by atoms with Gasteiger partial charge >= 0.3 is 5.97 Å². The third kappa shape index (κ3) is 6.70. The average molecular weight is 449 g/mol. The van der Waals surface area contributed by atoms with Gasteiger partial charge < -0.3 is 20.1 Å². The molecule has 0 saturated heterocycles. The zero-order valence-electron chi connectivity index (χ0n) is 15.6. The minimum absolute atomic E-state index is 0.167. The summed E-state index contributed by atoms with van der Waals surface area (Å²) < 4.78 is 11.2. The van der Waals surface area contributed by atoms with Crippen molar-refractivity contribution in [3.63, 3.8) is 0 Å². The van der Waals surface area contributed by atoms with Crippen LogP contribution in [0.25, 0.3) is 0 Å². The van der Waals surface area contributed by atoms with Gasteiger partial charge in [0.15, 0.2) is 6.61 Å². The molecular weight excluding hydrogens is 428 g/mol. The summed E-state index contributed by atoms with van der Waals surface area (Å²) in [5.41, 5.74) is 1.99. The van der Waals surface area contributed by atoms with Crippen molar-refractivity contribution >= 4 is 39.4 Å². The molecule has 0 atom stereocenters. The lowest BCUT2D eigenvalue weighted by Gasteiger charge is -2.10. The first kappa shape index (κ1) is 21.4. The number of ether oxygens (including phenoxy) is 2. The van der Waals surface area contributed by atoms with Crippen LogP contribution in [0, 0.1) is 6.92 Å². The molecule has 0 fully saturated rings. The van der Waals surface area contributed by atoms with Gasteiger partial charge in [0.2, 0.25) is 5.91 Å². The average Bonchev–Trinajstić information content (AvgIpc) is 2.67. The van der Waals surface area contributed by atoms with Crippen molar-refractivity contribution in [1.29, 1.82) is 0 Å². The Bertz CT molecular complexity index is 852. The van der Waals surface area contributed by atoms with Gasteiger partial charge in [-0.1, -0.05) is 15.9 Å². The van der Waals surface area contributed by atoms with Crippen LogP contribution < -0.4 is 15.4 Å². The van der Waals surface area contributed by atoms with E-state index < -0.39 is 11.9 Å². The van der Waals surface area contributed by atoms with Gasteiger partial charge in [0, 0.05) is 10.2 Å². The molecule has 2 aromatic rings. The molecule has 0 aliphatic rings. The first-order valence-electron chi connectivity index (χ1n) is 8.61. The molecule has 28 heavy (non-hydrogen) atoms. The lowest BCUT2D eigenvalue weighted by atomic mass is 10.2. The van der Waals surface area contributed by atoms with E-state index in [1.54, 1.807) is 37.3 Å². The fraction of sp³-hybridized carbons (Fsp3) is 0.250. The van der Waals surface area contributed by atoms with E-state index in [1.807, 2.05) is 19.1 Å². The lowest BCUT2D eigenvalue weighted by molar-refractivity contribution is -0.125. The largest absolute Gasteiger partial charge is 0.484 e. The molecule has 0 aliphatic carbocycles. The molecule has 0 aromatic heterocycles. The number of aryl methyl sites for hydroxylation is 1. The second-order valence-corrected chi connectivity index (χ2v) is 6.73. The van der Waals surface area contributed by atoms with Crippen LogP contribution in [-0.2, 0) is 14.3 Å². The highest BCUT2D eigenvalue weighted by molar-refractivity contribution is 9.10. The summed E-state index contributed by atoms with van der Waals surface area (Å²) in [5.74, 6) is -0.758. The molecule has 2 aromatic carbocycles. The van der Waals surface area contributed by atoms with Gasteiger partial charge in [-0.05, 0) is 61.9 Å². The van der Waals surface area contributed by atoms with Crippen LogP contribution in [0.4, 0.5) is 5.69 Å². The van der Waals surface area contributed by atoms with E-state index in [-0.39, 0.29) is 19.1 Å². The summed E-state index contributed by atoms with van der Waals surface area (Å²) in [6.07, 6.45) is 0. The molecule has 2 N–H and O–H groups in total. The van der Waals surface area contributed by atoms with E-state index >= 15 is 0 Å². The molecule has 7 nitrogen and oxygen atoms in total. The predicted octanol–water partition coefficient (Wildman–Crippen LogP) is 3.07. The van der Waals surface area contributed by atoms with Crippen molar-refractivity contribution in [2.75, 3.05) is 25.1 Å². The molecule has 0 aliphatic heterocycles. The highest BCUT2D eigenvalue weighted by atomic mass is 79.9. The first-order valence-corrected chi connectivity index (χ1v) is 9.41. The van der Waals surface area contributed by atoms with Crippen LogP contribution in [0.5, 0.6) is 5.75 Å². The number of hydrogen-bond donors (Lipinski definition) is 2. The lowest BCUT2D eigenvalue weighted by Crippen LogP contribution is -2.35.